The number of aliphatic hydroxyl groups is 1. The lowest BCUT2D eigenvalue weighted by Gasteiger charge is -2.31. The molecule has 2 amide bonds. The van der Waals surface area contributed by atoms with Gasteiger partial charge in [-0.3, -0.25) is 14.4 Å². The zero-order valence-electron chi connectivity index (χ0n) is 27.3. The lowest BCUT2D eigenvalue weighted by atomic mass is 9.91. The van der Waals surface area contributed by atoms with Crippen molar-refractivity contribution in [3.63, 3.8) is 0 Å². The number of hydrogen-bond acceptors (Lipinski definition) is 8. The van der Waals surface area contributed by atoms with Gasteiger partial charge in [0.25, 0.3) is 0 Å². The van der Waals surface area contributed by atoms with Gasteiger partial charge in [-0.05, 0) is 41.7 Å². The number of benzene rings is 2. The lowest BCUT2D eigenvalue weighted by molar-refractivity contribution is -0.177. The van der Waals surface area contributed by atoms with Crippen LogP contribution in [-0.2, 0) is 35.1 Å². The van der Waals surface area contributed by atoms with Crippen molar-refractivity contribution in [2.45, 2.75) is 76.1 Å². The lowest BCUT2D eigenvalue weighted by Crippen LogP contribution is -2.49. The van der Waals surface area contributed by atoms with E-state index in [9.17, 15) is 24.3 Å². The van der Waals surface area contributed by atoms with Crippen LogP contribution in [0.3, 0.4) is 0 Å². The Labute approximate surface area is 289 Å². The number of methoxy groups -OCH3 is 1. The predicted octanol–water partition coefficient (Wildman–Crippen LogP) is 5.09. The van der Waals surface area contributed by atoms with Crippen LogP contribution in [0.2, 0.25) is 5.02 Å². The van der Waals surface area contributed by atoms with Gasteiger partial charge >= 0.3 is 11.9 Å². The third-order valence-corrected chi connectivity index (χ3v) is 9.29. The van der Waals surface area contributed by atoms with Gasteiger partial charge in [-0.2, -0.15) is 0 Å². The van der Waals surface area contributed by atoms with E-state index in [0.29, 0.717) is 16.3 Å². The number of carbonyl (C=O) groups excluding carboxylic acids is 4. The molecule has 2 aromatic rings. The number of aliphatic hydroxyl groups excluding tert-OH is 1. The highest BCUT2D eigenvalue weighted by Crippen LogP contribution is 2.33. The fourth-order valence-corrected chi connectivity index (χ4v) is 6.13. The second kappa shape index (κ2) is 18.2. The molecule has 0 aromatic heterocycles. The molecule has 0 saturated carbocycles. The van der Waals surface area contributed by atoms with E-state index >= 15 is 0 Å². The normalized spacial score (nSPS) is 24.3. The summed E-state index contributed by atoms with van der Waals surface area (Å²) in [6.45, 7) is 7.01. The van der Waals surface area contributed by atoms with Crippen molar-refractivity contribution in [1.82, 2.24) is 10.6 Å². The summed E-state index contributed by atoms with van der Waals surface area (Å²) < 4.78 is 16.8. The molecule has 2 aromatic carbocycles. The molecule has 0 saturated heterocycles. The zero-order chi connectivity index (χ0) is 34.7. The topological polar surface area (TPSA) is 140 Å². The molecule has 47 heavy (non-hydrogen) atoms. The van der Waals surface area contributed by atoms with Crippen LogP contribution in [-0.4, -0.2) is 66.9 Å². The maximum absolute atomic E-state index is 13.5. The number of rotatable bonds is 9. The fourth-order valence-electron chi connectivity index (χ4n) is 5.06. The number of nitrogens with one attached hydrogen (secondary N) is 2. The summed E-state index contributed by atoms with van der Waals surface area (Å²) in [6.07, 6.45) is 0.110. The molecule has 1 heterocycles. The maximum atomic E-state index is 13.5. The molecule has 256 valence electrons. The largest absolute Gasteiger partial charge is 0.495 e. The van der Waals surface area contributed by atoms with E-state index < -0.39 is 64.8 Å². The molecule has 1 aliphatic rings. The Kier molecular flexibility index (Phi) is 14.7. The average Bonchev–Trinajstić information content (AvgIpc) is 3.04. The molecule has 0 bridgehead atoms. The third-order valence-electron chi connectivity index (χ3n) is 7.93. The number of carbonyl (C=O) groups is 4. The second-order valence-corrected chi connectivity index (χ2v) is 13.6. The Morgan fingerprint density at radius 3 is 2.38 bits per heavy atom. The van der Waals surface area contributed by atoms with Gasteiger partial charge < -0.3 is 30.0 Å². The highest BCUT2D eigenvalue weighted by molar-refractivity contribution is 9.09. The Balaban J connectivity index is 1.92. The standard InChI is InChI=1S/C35H44BrClN2O8/c1-20(2)16-29-35(44)46-27(22(4)32(41)31(36)24-10-7-6-8-11-24)12-9-13-30(40)39-26(33(42)38-19-21(3)34(43)47-29)18-23-14-15-28(45-5)25(37)17-23/h6-11,13-15,17,20-22,26-27,29,31-32,41H,12,16,18-19H2,1-5H3,(H,38,42)(H,39,40)/b13-9+. The minimum absolute atomic E-state index is 0.0109. The van der Waals surface area contributed by atoms with Crippen molar-refractivity contribution >= 4 is 51.3 Å². The number of ether oxygens (including phenoxy) is 3. The van der Waals surface area contributed by atoms with Crippen LogP contribution in [0.5, 0.6) is 5.75 Å². The van der Waals surface area contributed by atoms with Crippen LogP contribution in [0, 0.1) is 17.8 Å². The summed E-state index contributed by atoms with van der Waals surface area (Å²) in [5, 5.41) is 17.1. The number of alkyl halides is 1. The Hall–Kier alpha value is -3.41. The molecule has 10 nitrogen and oxygen atoms in total. The molecular weight excluding hydrogens is 692 g/mol. The first-order valence-corrected chi connectivity index (χ1v) is 16.9. The first-order chi connectivity index (χ1) is 22.3. The van der Waals surface area contributed by atoms with Crippen LogP contribution in [0.4, 0.5) is 0 Å². The van der Waals surface area contributed by atoms with E-state index in [-0.39, 0.29) is 31.7 Å². The Morgan fingerprint density at radius 2 is 1.74 bits per heavy atom. The van der Waals surface area contributed by atoms with Gasteiger partial charge in [0.2, 0.25) is 11.8 Å². The van der Waals surface area contributed by atoms with Crippen LogP contribution in [0.1, 0.15) is 56.5 Å². The van der Waals surface area contributed by atoms with Crippen molar-refractivity contribution < 1.29 is 38.5 Å². The quantitative estimate of drug-likeness (QED) is 0.239. The average molecular weight is 736 g/mol. The molecule has 1 aliphatic heterocycles. The zero-order valence-corrected chi connectivity index (χ0v) is 29.6. The van der Waals surface area contributed by atoms with Gasteiger partial charge in [-0.25, -0.2) is 4.79 Å². The van der Waals surface area contributed by atoms with E-state index in [2.05, 4.69) is 26.6 Å². The van der Waals surface area contributed by atoms with E-state index in [1.165, 1.54) is 19.3 Å². The predicted molar refractivity (Wildman–Crippen MR) is 182 cm³/mol. The van der Waals surface area contributed by atoms with Gasteiger partial charge in [0, 0.05) is 25.3 Å². The number of halogens is 2. The number of cyclic esters (lactones) is 2. The van der Waals surface area contributed by atoms with Crippen molar-refractivity contribution in [3.05, 3.63) is 76.8 Å². The summed E-state index contributed by atoms with van der Waals surface area (Å²) >= 11 is 9.87. The number of amides is 2. The van der Waals surface area contributed by atoms with Crippen LogP contribution in [0.15, 0.2) is 60.7 Å². The summed E-state index contributed by atoms with van der Waals surface area (Å²) in [5.74, 6) is -3.45. The smallest absolute Gasteiger partial charge is 0.347 e. The summed E-state index contributed by atoms with van der Waals surface area (Å²) in [7, 11) is 1.49. The SMILES string of the molecule is COc1ccc(CC2NC(=O)/C=C/CC(C(C)C(O)C(Br)c3ccccc3)OC(=O)C(CC(C)C)OC(=O)C(C)CNC2=O)cc1Cl. The van der Waals surface area contributed by atoms with Crippen molar-refractivity contribution in [2.75, 3.05) is 13.7 Å². The Morgan fingerprint density at radius 1 is 1.04 bits per heavy atom. The van der Waals surface area contributed by atoms with Crippen LogP contribution < -0.4 is 15.4 Å². The van der Waals surface area contributed by atoms with Gasteiger partial charge in [-0.1, -0.05) is 97.7 Å². The summed E-state index contributed by atoms with van der Waals surface area (Å²) in [4.78, 5) is 52.5. The summed E-state index contributed by atoms with van der Waals surface area (Å²) in [5.41, 5.74) is 1.51. The van der Waals surface area contributed by atoms with E-state index in [1.54, 1.807) is 32.0 Å². The van der Waals surface area contributed by atoms with E-state index in [0.717, 1.165) is 5.56 Å². The molecule has 0 aliphatic carbocycles. The van der Waals surface area contributed by atoms with Gasteiger partial charge in [-0.15, -0.1) is 0 Å². The first-order valence-electron chi connectivity index (χ1n) is 15.7. The molecule has 3 rings (SSSR count). The third kappa shape index (κ3) is 11.4. The molecular formula is C35H44BrClN2O8. The van der Waals surface area contributed by atoms with E-state index in [1.807, 2.05) is 44.2 Å². The Bertz CT molecular complexity index is 1410. The molecule has 3 N–H and O–H groups in total. The van der Waals surface area contributed by atoms with Gasteiger partial charge in [0.1, 0.15) is 17.9 Å². The highest BCUT2D eigenvalue weighted by Gasteiger charge is 2.35. The van der Waals surface area contributed by atoms with Gasteiger partial charge in [0.15, 0.2) is 6.10 Å². The van der Waals surface area contributed by atoms with Crippen molar-refractivity contribution in [1.29, 1.82) is 0 Å². The van der Waals surface area contributed by atoms with E-state index in [4.69, 9.17) is 25.8 Å². The molecule has 12 heteroatoms. The highest BCUT2D eigenvalue weighted by atomic mass is 79.9. The first kappa shape index (κ1) is 38.0. The fraction of sp³-hybridized carbons (Fsp3) is 0.486. The maximum Gasteiger partial charge on any atom is 0.347 e. The van der Waals surface area contributed by atoms with Crippen LogP contribution >= 0.6 is 27.5 Å². The monoisotopic (exact) mass is 734 g/mol. The second-order valence-electron chi connectivity index (χ2n) is 12.2. The minimum atomic E-state index is -1.20. The molecule has 7 unspecified atom stereocenters. The molecule has 0 fully saturated rings. The van der Waals surface area contributed by atoms with Crippen LogP contribution in [0.25, 0.3) is 0 Å². The minimum Gasteiger partial charge on any atom is -0.495 e. The molecule has 0 spiro atoms. The van der Waals surface area contributed by atoms with Crippen molar-refractivity contribution in [3.8, 4) is 5.75 Å². The number of hydrogen-bond donors (Lipinski definition) is 3. The molecule has 7 atom stereocenters. The number of esters is 2. The van der Waals surface area contributed by atoms with Gasteiger partial charge in [0.05, 0.1) is 29.0 Å². The van der Waals surface area contributed by atoms with Crippen molar-refractivity contribution in [2.24, 2.45) is 17.8 Å². The molecule has 0 radical (unpaired) electrons. The summed E-state index contributed by atoms with van der Waals surface area (Å²) in [6, 6.07) is 13.4.